The number of pyridine rings is 2. The lowest BCUT2D eigenvalue weighted by Crippen LogP contribution is -2.43. The van der Waals surface area contributed by atoms with Crippen LogP contribution in [0.3, 0.4) is 0 Å². The third-order valence-corrected chi connectivity index (χ3v) is 5.64. The maximum atomic E-state index is 14.1. The third-order valence-electron chi connectivity index (χ3n) is 5.64. The first-order valence-corrected chi connectivity index (χ1v) is 9.93. The van der Waals surface area contributed by atoms with E-state index in [9.17, 15) is 9.18 Å². The third kappa shape index (κ3) is 3.34. The second kappa shape index (κ2) is 7.05. The first-order valence-electron chi connectivity index (χ1n) is 9.93. The number of carbonyl (C=O) groups excluding carboxylic acids is 1. The predicted molar refractivity (Wildman–Crippen MR) is 114 cm³/mol. The monoisotopic (exact) mass is 404 g/mol. The zero-order valence-electron chi connectivity index (χ0n) is 16.5. The van der Waals surface area contributed by atoms with E-state index in [2.05, 4.69) is 25.5 Å². The van der Waals surface area contributed by atoms with Crippen LogP contribution in [0, 0.1) is 0 Å². The van der Waals surface area contributed by atoms with E-state index >= 15 is 0 Å². The molecule has 1 aliphatic heterocycles. The summed E-state index contributed by atoms with van der Waals surface area (Å²) >= 11 is 0. The molecule has 1 fully saturated rings. The molecule has 30 heavy (non-hydrogen) atoms. The molecule has 7 nitrogen and oxygen atoms in total. The minimum Gasteiger partial charge on any atom is -0.337 e. The van der Waals surface area contributed by atoms with Crippen molar-refractivity contribution in [3.05, 3.63) is 54.5 Å². The molecular formula is C22H21FN6O. The van der Waals surface area contributed by atoms with Gasteiger partial charge in [0.25, 0.3) is 5.91 Å². The summed E-state index contributed by atoms with van der Waals surface area (Å²) in [6.07, 6.45) is 4.06. The molecule has 8 heteroatoms. The van der Waals surface area contributed by atoms with Crippen LogP contribution in [-0.2, 0) is 0 Å². The Labute approximate surface area is 172 Å². The number of amides is 1. The number of benzene rings is 1. The average Bonchev–Trinajstić information content (AvgIpc) is 3.15. The average molecular weight is 404 g/mol. The van der Waals surface area contributed by atoms with Gasteiger partial charge in [0.1, 0.15) is 16.9 Å². The predicted octanol–water partition coefficient (Wildman–Crippen LogP) is 4.21. The highest BCUT2D eigenvalue weighted by atomic mass is 19.1. The molecular weight excluding hydrogens is 383 g/mol. The van der Waals surface area contributed by atoms with Crippen molar-refractivity contribution in [3.63, 3.8) is 0 Å². The van der Waals surface area contributed by atoms with E-state index in [-0.39, 0.29) is 5.91 Å². The zero-order valence-corrected chi connectivity index (χ0v) is 16.5. The molecule has 3 aromatic heterocycles. The Morgan fingerprint density at radius 3 is 2.83 bits per heavy atom. The number of piperidine rings is 1. The molecule has 0 unspecified atom stereocenters. The van der Waals surface area contributed by atoms with Gasteiger partial charge in [0, 0.05) is 36.6 Å². The van der Waals surface area contributed by atoms with Gasteiger partial charge in [0.05, 0.1) is 5.52 Å². The Bertz CT molecular complexity index is 1240. The van der Waals surface area contributed by atoms with Gasteiger partial charge < -0.3 is 10.2 Å². The van der Waals surface area contributed by atoms with E-state index in [1.165, 1.54) is 0 Å². The fourth-order valence-corrected chi connectivity index (χ4v) is 3.83. The van der Waals surface area contributed by atoms with E-state index in [1.54, 1.807) is 24.2 Å². The van der Waals surface area contributed by atoms with Crippen LogP contribution in [-0.4, -0.2) is 49.7 Å². The maximum Gasteiger partial charge on any atom is 0.273 e. The number of rotatable bonds is 3. The SMILES string of the molecule is CC1(F)CCN(C(=O)c2nccc3cc(Nc4n[nH]c5cccnc45)ccc23)CC1. The molecule has 2 N–H and O–H groups in total. The number of halogens is 1. The fraction of sp³-hybridized carbons (Fsp3) is 0.273. The smallest absolute Gasteiger partial charge is 0.273 e. The molecule has 0 bridgehead atoms. The van der Waals surface area contributed by atoms with Crippen LogP contribution in [0.15, 0.2) is 48.8 Å². The number of aromatic amines is 1. The van der Waals surface area contributed by atoms with Crippen molar-refractivity contribution < 1.29 is 9.18 Å². The largest absolute Gasteiger partial charge is 0.337 e. The Morgan fingerprint density at radius 1 is 1.17 bits per heavy atom. The van der Waals surface area contributed by atoms with Crippen LogP contribution in [0.5, 0.6) is 0 Å². The van der Waals surface area contributed by atoms with Gasteiger partial charge in [-0.1, -0.05) is 0 Å². The molecule has 1 saturated heterocycles. The number of anilines is 2. The lowest BCUT2D eigenvalue weighted by atomic mass is 9.95. The molecule has 1 aromatic carbocycles. The molecule has 1 amide bonds. The number of hydrogen-bond acceptors (Lipinski definition) is 5. The summed E-state index contributed by atoms with van der Waals surface area (Å²) in [4.78, 5) is 23.4. The number of likely N-dealkylation sites (tertiary alicyclic amines) is 1. The number of nitrogens with zero attached hydrogens (tertiary/aromatic N) is 4. The van der Waals surface area contributed by atoms with Gasteiger partial charge in [0.2, 0.25) is 0 Å². The van der Waals surface area contributed by atoms with Gasteiger partial charge >= 0.3 is 0 Å². The zero-order chi connectivity index (χ0) is 20.7. The second-order valence-corrected chi connectivity index (χ2v) is 7.90. The number of nitrogens with one attached hydrogen (secondary N) is 2. The molecule has 0 saturated carbocycles. The first-order chi connectivity index (χ1) is 14.5. The van der Waals surface area contributed by atoms with Gasteiger partial charge in [-0.3, -0.25) is 19.9 Å². The van der Waals surface area contributed by atoms with Gasteiger partial charge in [-0.05, 0) is 61.5 Å². The van der Waals surface area contributed by atoms with Gasteiger partial charge in [0.15, 0.2) is 5.82 Å². The van der Waals surface area contributed by atoms with Crippen LogP contribution in [0.1, 0.15) is 30.3 Å². The summed E-state index contributed by atoms with van der Waals surface area (Å²) in [5.41, 5.74) is 1.64. The van der Waals surface area contributed by atoms with Gasteiger partial charge in [-0.2, -0.15) is 5.10 Å². The molecule has 1 aliphatic rings. The summed E-state index contributed by atoms with van der Waals surface area (Å²) in [5.74, 6) is 0.484. The van der Waals surface area contributed by atoms with Crippen molar-refractivity contribution in [3.8, 4) is 0 Å². The molecule has 0 spiro atoms. The topological polar surface area (TPSA) is 86.8 Å². The summed E-state index contributed by atoms with van der Waals surface area (Å²) in [6, 6.07) is 11.3. The molecule has 4 heterocycles. The highest BCUT2D eigenvalue weighted by Gasteiger charge is 2.32. The van der Waals surface area contributed by atoms with Gasteiger partial charge in [-0.25, -0.2) is 4.39 Å². The van der Waals surface area contributed by atoms with Crippen molar-refractivity contribution in [1.29, 1.82) is 0 Å². The van der Waals surface area contributed by atoms with Crippen molar-refractivity contribution in [2.45, 2.75) is 25.4 Å². The minimum atomic E-state index is -1.20. The highest BCUT2D eigenvalue weighted by molar-refractivity contribution is 6.06. The lowest BCUT2D eigenvalue weighted by molar-refractivity contribution is 0.0501. The minimum absolute atomic E-state index is 0.153. The van der Waals surface area contributed by atoms with Crippen molar-refractivity contribution in [2.24, 2.45) is 0 Å². The van der Waals surface area contributed by atoms with Gasteiger partial charge in [-0.15, -0.1) is 0 Å². The first kappa shape index (κ1) is 18.5. The summed E-state index contributed by atoms with van der Waals surface area (Å²) in [5, 5.41) is 12.2. The maximum absolute atomic E-state index is 14.1. The van der Waals surface area contributed by atoms with E-state index in [1.807, 2.05) is 36.4 Å². The summed E-state index contributed by atoms with van der Waals surface area (Å²) in [6.45, 7) is 2.41. The van der Waals surface area contributed by atoms with Crippen molar-refractivity contribution in [2.75, 3.05) is 18.4 Å². The molecule has 4 aromatic rings. The summed E-state index contributed by atoms with van der Waals surface area (Å²) in [7, 11) is 0. The number of fused-ring (bicyclic) bond motifs is 2. The van der Waals surface area contributed by atoms with E-state index in [0.29, 0.717) is 37.4 Å². The number of alkyl halides is 1. The van der Waals surface area contributed by atoms with Crippen molar-refractivity contribution in [1.82, 2.24) is 25.1 Å². The number of carbonyl (C=O) groups is 1. The molecule has 152 valence electrons. The van der Waals surface area contributed by atoms with Crippen LogP contribution in [0.25, 0.3) is 21.8 Å². The summed E-state index contributed by atoms with van der Waals surface area (Å²) < 4.78 is 14.1. The Morgan fingerprint density at radius 2 is 2.00 bits per heavy atom. The molecule has 0 radical (unpaired) electrons. The number of aromatic nitrogens is 4. The quantitative estimate of drug-likeness (QED) is 0.534. The lowest BCUT2D eigenvalue weighted by Gasteiger charge is -2.34. The fourth-order valence-electron chi connectivity index (χ4n) is 3.83. The number of hydrogen-bond donors (Lipinski definition) is 2. The van der Waals surface area contributed by atoms with E-state index in [4.69, 9.17) is 0 Å². The molecule has 5 rings (SSSR count). The molecule has 0 atom stereocenters. The normalized spacial score (nSPS) is 16.1. The highest BCUT2D eigenvalue weighted by Crippen LogP contribution is 2.29. The van der Waals surface area contributed by atoms with Crippen LogP contribution >= 0.6 is 0 Å². The number of H-pyrrole nitrogens is 1. The Balaban J connectivity index is 1.43. The Kier molecular flexibility index (Phi) is 4.34. The molecule has 0 aliphatic carbocycles. The Hall–Kier alpha value is -3.55. The van der Waals surface area contributed by atoms with Crippen LogP contribution in [0.4, 0.5) is 15.9 Å². The van der Waals surface area contributed by atoms with Crippen LogP contribution < -0.4 is 5.32 Å². The van der Waals surface area contributed by atoms with Crippen molar-refractivity contribution >= 4 is 39.2 Å². The van der Waals surface area contributed by atoms with Crippen LogP contribution in [0.2, 0.25) is 0 Å². The van der Waals surface area contributed by atoms with E-state index in [0.717, 1.165) is 27.5 Å². The second-order valence-electron chi connectivity index (χ2n) is 7.90. The van der Waals surface area contributed by atoms with E-state index < -0.39 is 5.67 Å². The standard InChI is InChI=1S/C22H21FN6O/c1-22(23)7-11-29(12-8-22)21(30)18-16-5-4-15(13-14(16)6-10-25-18)26-20-19-17(27-28-20)3-2-9-24-19/h2-6,9-10,13H,7-8,11-12H2,1H3,(H2,26,27,28).